The van der Waals surface area contributed by atoms with Crippen LogP contribution in [0.25, 0.3) is 0 Å². The van der Waals surface area contributed by atoms with Gasteiger partial charge in [-0.05, 0) is 12.1 Å². The number of carbonyl (C=O) groups excluding carboxylic acids is 1. The molecule has 0 amide bonds. The Bertz CT molecular complexity index is 411. The normalized spacial score (nSPS) is 11.2. The minimum Gasteiger partial charge on any atom is -0.486 e. The molecule has 0 saturated heterocycles. The lowest BCUT2D eigenvalue weighted by atomic mass is 10.3. The molecule has 18 heavy (non-hydrogen) atoms. The summed E-state index contributed by atoms with van der Waals surface area (Å²) in [6, 6.07) is 8.87. The van der Waals surface area contributed by atoms with E-state index in [4.69, 9.17) is 9.26 Å². The van der Waals surface area contributed by atoms with Crippen LogP contribution >= 0.6 is 7.82 Å². The van der Waals surface area contributed by atoms with Crippen LogP contribution in [-0.4, -0.2) is 33.2 Å². The molecule has 0 radical (unpaired) electrons. The fourth-order valence-electron chi connectivity index (χ4n) is 1.05. The average Bonchev–Trinajstić information content (AvgIpc) is 2.43. The molecule has 0 fully saturated rings. The summed E-state index contributed by atoms with van der Waals surface area (Å²) in [5.74, 6) is 0.209. The molecule has 100 valence electrons. The SMILES string of the molecule is COP(=O)(OC)OCC(=O)COc1ccccc1. The Hall–Kier alpha value is -1.20. The first-order chi connectivity index (χ1) is 8.59. The van der Waals surface area contributed by atoms with Crippen molar-refractivity contribution in [2.24, 2.45) is 0 Å². The number of Topliss-reactive ketones (excluding diaryl/α,β-unsaturated/α-hetero) is 1. The molecule has 0 aliphatic carbocycles. The van der Waals surface area contributed by atoms with Crippen LogP contribution in [0.5, 0.6) is 5.75 Å². The maximum atomic E-state index is 11.5. The average molecular weight is 274 g/mol. The van der Waals surface area contributed by atoms with E-state index in [1.54, 1.807) is 24.3 Å². The number of para-hydroxylation sites is 1. The van der Waals surface area contributed by atoms with Crippen molar-refractivity contribution < 1.29 is 27.7 Å². The standard InChI is InChI=1S/C11H15O6P/c1-14-18(13,15-2)17-9-10(12)8-16-11-6-4-3-5-7-11/h3-7H,8-9H2,1-2H3. The molecule has 0 N–H and O–H groups in total. The fourth-order valence-corrected chi connectivity index (χ4v) is 1.72. The zero-order valence-corrected chi connectivity index (χ0v) is 11.1. The number of ether oxygens (including phenoxy) is 1. The molecule has 0 aliphatic rings. The van der Waals surface area contributed by atoms with Crippen molar-refractivity contribution in [1.82, 2.24) is 0 Å². The van der Waals surface area contributed by atoms with Crippen molar-refractivity contribution in [3.05, 3.63) is 30.3 Å². The van der Waals surface area contributed by atoms with Crippen LogP contribution in [0.15, 0.2) is 30.3 Å². The summed E-state index contributed by atoms with van der Waals surface area (Å²) in [4.78, 5) is 11.4. The van der Waals surface area contributed by atoms with Crippen LogP contribution < -0.4 is 4.74 Å². The molecule has 0 aromatic heterocycles. The van der Waals surface area contributed by atoms with Crippen molar-refractivity contribution in [1.29, 1.82) is 0 Å². The summed E-state index contributed by atoms with van der Waals surface area (Å²) in [6.45, 7) is -0.566. The number of hydrogen-bond acceptors (Lipinski definition) is 6. The second-order valence-corrected chi connectivity index (χ2v) is 5.11. The van der Waals surface area contributed by atoms with Gasteiger partial charge in [-0.2, -0.15) is 0 Å². The Morgan fingerprint density at radius 2 is 1.72 bits per heavy atom. The van der Waals surface area contributed by atoms with Crippen molar-refractivity contribution in [2.75, 3.05) is 27.4 Å². The lowest BCUT2D eigenvalue weighted by Crippen LogP contribution is -2.17. The third kappa shape index (κ3) is 4.98. The van der Waals surface area contributed by atoms with Gasteiger partial charge in [-0.1, -0.05) is 18.2 Å². The molecule has 7 heteroatoms. The van der Waals surface area contributed by atoms with E-state index in [-0.39, 0.29) is 12.4 Å². The quantitative estimate of drug-likeness (QED) is 0.676. The van der Waals surface area contributed by atoms with Crippen molar-refractivity contribution in [3.8, 4) is 5.75 Å². The summed E-state index contributed by atoms with van der Waals surface area (Å²) >= 11 is 0. The number of hydrogen-bond donors (Lipinski definition) is 0. The predicted octanol–water partition coefficient (Wildman–Crippen LogP) is 2.05. The van der Waals surface area contributed by atoms with Gasteiger partial charge < -0.3 is 4.74 Å². The van der Waals surface area contributed by atoms with Gasteiger partial charge in [0.1, 0.15) is 19.0 Å². The Morgan fingerprint density at radius 1 is 1.11 bits per heavy atom. The highest BCUT2D eigenvalue weighted by atomic mass is 31.2. The van der Waals surface area contributed by atoms with Gasteiger partial charge in [0.15, 0.2) is 5.78 Å². The van der Waals surface area contributed by atoms with E-state index >= 15 is 0 Å². The van der Waals surface area contributed by atoms with Crippen LogP contribution in [0, 0.1) is 0 Å². The van der Waals surface area contributed by atoms with Crippen LogP contribution in [0.1, 0.15) is 0 Å². The Kier molecular flexibility index (Phi) is 6.01. The van der Waals surface area contributed by atoms with E-state index in [1.165, 1.54) is 14.2 Å². The maximum absolute atomic E-state index is 11.5. The highest BCUT2D eigenvalue weighted by Crippen LogP contribution is 2.47. The second-order valence-electron chi connectivity index (χ2n) is 3.23. The highest BCUT2D eigenvalue weighted by molar-refractivity contribution is 7.48. The van der Waals surface area contributed by atoms with Gasteiger partial charge in [0.25, 0.3) is 0 Å². The molecule has 1 rings (SSSR count). The molecule has 0 spiro atoms. The first-order valence-electron chi connectivity index (χ1n) is 5.15. The second kappa shape index (κ2) is 7.28. The van der Waals surface area contributed by atoms with Crippen LogP contribution in [0.4, 0.5) is 0 Å². The summed E-state index contributed by atoms with van der Waals surface area (Å²) in [7, 11) is -1.26. The number of ketones is 1. The molecular weight excluding hydrogens is 259 g/mol. The first-order valence-corrected chi connectivity index (χ1v) is 6.61. The highest BCUT2D eigenvalue weighted by Gasteiger charge is 2.24. The van der Waals surface area contributed by atoms with Crippen molar-refractivity contribution >= 4 is 13.6 Å². The Balaban J connectivity index is 2.32. The lowest BCUT2D eigenvalue weighted by molar-refractivity contribution is -0.123. The van der Waals surface area contributed by atoms with Crippen LogP contribution in [0.3, 0.4) is 0 Å². The zero-order chi connectivity index (χ0) is 13.4. The van der Waals surface area contributed by atoms with Gasteiger partial charge in [0.05, 0.1) is 0 Å². The predicted molar refractivity (Wildman–Crippen MR) is 64.5 cm³/mol. The summed E-state index contributed by atoms with van der Waals surface area (Å²) < 4.78 is 30.5. The lowest BCUT2D eigenvalue weighted by Gasteiger charge is -2.12. The Labute approximate surface area is 105 Å². The van der Waals surface area contributed by atoms with E-state index < -0.39 is 14.4 Å². The Morgan fingerprint density at radius 3 is 2.28 bits per heavy atom. The number of phosphoric acid groups is 1. The van der Waals surface area contributed by atoms with Gasteiger partial charge in [0.2, 0.25) is 0 Å². The van der Waals surface area contributed by atoms with E-state index in [1.807, 2.05) is 6.07 Å². The molecule has 1 aromatic carbocycles. The van der Waals surface area contributed by atoms with E-state index in [0.29, 0.717) is 5.75 Å². The number of benzene rings is 1. The van der Waals surface area contributed by atoms with Crippen molar-refractivity contribution in [3.63, 3.8) is 0 Å². The topological polar surface area (TPSA) is 71.1 Å². The summed E-state index contributed by atoms with van der Waals surface area (Å²) in [5, 5.41) is 0. The third-order valence-electron chi connectivity index (χ3n) is 1.97. The minimum atomic E-state index is -3.61. The molecule has 0 aliphatic heterocycles. The maximum Gasteiger partial charge on any atom is 0.474 e. The largest absolute Gasteiger partial charge is 0.486 e. The molecule has 6 nitrogen and oxygen atoms in total. The molecule has 0 bridgehead atoms. The fraction of sp³-hybridized carbons (Fsp3) is 0.364. The van der Waals surface area contributed by atoms with Gasteiger partial charge in [-0.25, -0.2) is 4.57 Å². The van der Waals surface area contributed by atoms with Crippen molar-refractivity contribution in [2.45, 2.75) is 0 Å². The molecular formula is C11H15O6P. The molecule has 0 saturated carbocycles. The van der Waals surface area contributed by atoms with Gasteiger partial charge in [0, 0.05) is 14.2 Å². The third-order valence-corrected chi connectivity index (χ3v) is 3.31. The number of phosphoric ester groups is 1. The number of rotatable bonds is 8. The molecule has 0 atom stereocenters. The first kappa shape index (κ1) is 14.9. The molecule has 1 aromatic rings. The number of carbonyl (C=O) groups is 1. The van der Waals surface area contributed by atoms with E-state index in [9.17, 15) is 9.36 Å². The summed E-state index contributed by atoms with van der Waals surface area (Å²) in [6.07, 6.45) is 0. The van der Waals surface area contributed by atoms with Gasteiger partial charge in [-0.15, -0.1) is 0 Å². The van der Waals surface area contributed by atoms with Crippen LogP contribution in [0.2, 0.25) is 0 Å². The molecule has 0 unspecified atom stereocenters. The summed E-state index contributed by atoms with van der Waals surface area (Å²) in [5.41, 5.74) is 0. The minimum absolute atomic E-state index is 0.169. The van der Waals surface area contributed by atoms with Gasteiger partial charge in [-0.3, -0.25) is 18.4 Å². The van der Waals surface area contributed by atoms with Gasteiger partial charge >= 0.3 is 7.82 Å². The van der Waals surface area contributed by atoms with E-state index in [2.05, 4.69) is 9.05 Å². The zero-order valence-electron chi connectivity index (χ0n) is 10.2. The van der Waals surface area contributed by atoms with E-state index in [0.717, 1.165) is 0 Å². The smallest absolute Gasteiger partial charge is 0.474 e. The monoisotopic (exact) mass is 274 g/mol. The van der Waals surface area contributed by atoms with Crippen LogP contribution in [-0.2, 0) is 22.9 Å². The molecule has 0 heterocycles.